The fraction of sp³-hybridized carbons (Fsp3) is 0.542. The first kappa shape index (κ1) is 22.6. The van der Waals surface area contributed by atoms with Crippen molar-refractivity contribution in [3.63, 3.8) is 0 Å². The van der Waals surface area contributed by atoms with E-state index in [1.165, 1.54) is 26.1 Å². The van der Waals surface area contributed by atoms with Crippen LogP contribution in [0.4, 0.5) is 13.2 Å². The van der Waals surface area contributed by atoms with Gasteiger partial charge in [0.05, 0.1) is 5.54 Å². The molecule has 2 aliphatic carbocycles. The number of alkyl halides is 3. The number of allylic oxidation sites excluding steroid dienone is 2. The van der Waals surface area contributed by atoms with Crippen molar-refractivity contribution in [2.75, 3.05) is 0 Å². The lowest BCUT2D eigenvalue weighted by Crippen LogP contribution is -2.65. The molecule has 1 aromatic heterocycles. The van der Waals surface area contributed by atoms with Gasteiger partial charge in [0.1, 0.15) is 11.4 Å². The van der Waals surface area contributed by atoms with E-state index in [0.29, 0.717) is 48.1 Å². The van der Waals surface area contributed by atoms with Crippen molar-refractivity contribution >= 4 is 17.8 Å². The molecular formula is C24H28F3N3O2. The molecule has 8 heteroatoms. The van der Waals surface area contributed by atoms with Crippen molar-refractivity contribution in [1.29, 1.82) is 0 Å². The van der Waals surface area contributed by atoms with E-state index in [4.69, 9.17) is 0 Å². The van der Waals surface area contributed by atoms with E-state index in [0.717, 1.165) is 12.8 Å². The van der Waals surface area contributed by atoms with Crippen LogP contribution in [0.15, 0.2) is 35.2 Å². The van der Waals surface area contributed by atoms with Crippen LogP contribution in [0.5, 0.6) is 0 Å². The summed E-state index contributed by atoms with van der Waals surface area (Å²) in [6.07, 6.45) is 3.61. The van der Waals surface area contributed by atoms with Gasteiger partial charge in [0.2, 0.25) is 0 Å². The number of fused-ring (bicyclic) bond motifs is 1. The molecule has 2 saturated carbocycles. The summed E-state index contributed by atoms with van der Waals surface area (Å²) in [5.41, 5.74) is -1.20. The van der Waals surface area contributed by atoms with Crippen LogP contribution >= 0.6 is 0 Å². The van der Waals surface area contributed by atoms with Crippen molar-refractivity contribution in [2.45, 2.75) is 76.6 Å². The number of nitrogens with one attached hydrogen (secondary N) is 2. The van der Waals surface area contributed by atoms with Gasteiger partial charge in [0.15, 0.2) is 0 Å². The number of rotatable bonds is 7. The third-order valence-electron chi connectivity index (χ3n) is 6.99. The molecular weight excluding hydrogens is 419 g/mol. The molecule has 0 aromatic carbocycles. The minimum Gasteiger partial charge on any atom is -0.385 e. The molecule has 2 unspecified atom stereocenters. The van der Waals surface area contributed by atoms with Gasteiger partial charge in [-0.3, -0.25) is 14.6 Å². The molecule has 2 atom stereocenters. The minimum atomic E-state index is -2.71. The topological polar surface area (TPSA) is 71.1 Å². The van der Waals surface area contributed by atoms with Crippen molar-refractivity contribution in [1.82, 2.24) is 15.6 Å². The number of hydrogen-bond acceptors (Lipinski definition) is 4. The average Bonchev–Trinajstić information content (AvgIpc) is 3.29. The maximum atomic E-state index is 14.8. The summed E-state index contributed by atoms with van der Waals surface area (Å²) < 4.78 is 40.8. The van der Waals surface area contributed by atoms with E-state index in [9.17, 15) is 22.8 Å². The van der Waals surface area contributed by atoms with Gasteiger partial charge < -0.3 is 10.6 Å². The van der Waals surface area contributed by atoms with E-state index in [1.54, 1.807) is 19.1 Å². The lowest BCUT2D eigenvalue weighted by atomic mass is 9.67. The van der Waals surface area contributed by atoms with Crippen LogP contribution in [-0.2, 0) is 9.59 Å². The highest BCUT2D eigenvalue weighted by molar-refractivity contribution is 6.44. The second-order valence-corrected chi connectivity index (χ2v) is 9.64. The summed E-state index contributed by atoms with van der Waals surface area (Å²) in [5, 5.41) is 5.99. The quantitative estimate of drug-likeness (QED) is 0.480. The highest BCUT2D eigenvalue weighted by atomic mass is 19.3. The Kier molecular flexibility index (Phi) is 5.67. The van der Waals surface area contributed by atoms with Crippen molar-refractivity contribution in [3.8, 4) is 0 Å². The van der Waals surface area contributed by atoms with E-state index in [1.807, 2.05) is 0 Å². The highest BCUT2D eigenvalue weighted by Gasteiger charge is 2.52. The largest absolute Gasteiger partial charge is 0.385 e. The molecule has 4 rings (SSSR count). The SMILES string of the molecule is CC(=C\c1ccnc(C(F)F)c1)/C(C(=O)C(=O)NC1(C(C)(C)F)CCC1)=C1/CC2CC2N1. The number of carbonyl (C=O) groups excluding carboxylic acids is 2. The highest BCUT2D eigenvalue weighted by Crippen LogP contribution is 2.45. The maximum absolute atomic E-state index is 14.8. The number of amides is 1. The normalized spacial score (nSPS) is 25.5. The monoisotopic (exact) mass is 447 g/mol. The number of piperidine rings is 1. The van der Waals surface area contributed by atoms with Gasteiger partial charge in [-0.2, -0.15) is 0 Å². The van der Waals surface area contributed by atoms with Gasteiger partial charge >= 0.3 is 0 Å². The van der Waals surface area contributed by atoms with Crippen LogP contribution in [0.3, 0.4) is 0 Å². The Hall–Kier alpha value is -2.64. The first-order valence-corrected chi connectivity index (χ1v) is 11.0. The van der Waals surface area contributed by atoms with E-state index < -0.39 is 29.3 Å². The van der Waals surface area contributed by atoms with E-state index in [-0.39, 0.29) is 11.3 Å². The Labute approximate surface area is 185 Å². The lowest BCUT2D eigenvalue weighted by Gasteiger charge is -2.49. The Morgan fingerprint density at radius 1 is 1.34 bits per heavy atom. The second-order valence-electron chi connectivity index (χ2n) is 9.64. The van der Waals surface area contributed by atoms with Gasteiger partial charge in [0.25, 0.3) is 18.1 Å². The summed E-state index contributed by atoms with van der Waals surface area (Å²) in [6, 6.07) is 3.13. The molecule has 1 aliphatic heterocycles. The second kappa shape index (κ2) is 8.05. The fourth-order valence-corrected chi connectivity index (χ4v) is 4.71. The zero-order chi connectivity index (χ0) is 23.3. The Morgan fingerprint density at radius 3 is 2.59 bits per heavy atom. The van der Waals surface area contributed by atoms with Crippen LogP contribution in [-0.4, -0.2) is 33.9 Å². The number of aromatic nitrogens is 1. The smallest absolute Gasteiger partial charge is 0.293 e. The Bertz CT molecular complexity index is 994. The summed E-state index contributed by atoms with van der Waals surface area (Å²) >= 11 is 0. The molecule has 5 nitrogen and oxygen atoms in total. The molecule has 1 amide bonds. The molecule has 2 heterocycles. The summed E-state index contributed by atoms with van der Waals surface area (Å²) in [4.78, 5) is 29.9. The summed E-state index contributed by atoms with van der Waals surface area (Å²) in [7, 11) is 0. The Morgan fingerprint density at radius 2 is 2.06 bits per heavy atom. The molecule has 32 heavy (non-hydrogen) atoms. The number of hydrogen-bond donors (Lipinski definition) is 2. The number of pyridine rings is 1. The molecule has 2 N–H and O–H groups in total. The van der Waals surface area contributed by atoms with Gasteiger partial charge in [-0.25, -0.2) is 13.2 Å². The zero-order valence-corrected chi connectivity index (χ0v) is 18.5. The number of nitrogens with zero attached hydrogens (tertiary/aromatic N) is 1. The molecule has 0 bridgehead atoms. The maximum Gasteiger partial charge on any atom is 0.293 e. The van der Waals surface area contributed by atoms with Gasteiger partial charge in [-0.15, -0.1) is 0 Å². The van der Waals surface area contributed by atoms with Crippen LogP contribution in [0.1, 0.15) is 70.6 Å². The van der Waals surface area contributed by atoms with Gasteiger partial charge in [-0.1, -0.05) is 6.08 Å². The minimum absolute atomic E-state index is 0.233. The third-order valence-corrected chi connectivity index (χ3v) is 6.99. The number of ketones is 1. The predicted octanol–water partition coefficient (Wildman–Crippen LogP) is 4.41. The van der Waals surface area contributed by atoms with E-state index in [2.05, 4.69) is 15.6 Å². The summed E-state index contributed by atoms with van der Waals surface area (Å²) in [5.74, 6) is -1.13. The lowest BCUT2D eigenvalue weighted by molar-refractivity contribution is -0.139. The average molecular weight is 448 g/mol. The molecule has 172 valence electrons. The first-order valence-electron chi connectivity index (χ1n) is 11.0. The molecule has 3 aliphatic rings. The molecule has 3 fully saturated rings. The zero-order valence-electron chi connectivity index (χ0n) is 18.5. The fourth-order valence-electron chi connectivity index (χ4n) is 4.71. The van der Waals surface area contributed by atoms with Crippen LogP contribution < -0.4 is 10.6 Å². The number of Topliss-reactive ketones (excluding diaryl/α,β-unsaturated/α-hetero) is 1. The van der Waals surface area contributed by atoms with Crippen LogP contribution in [0.2, 0.25) is 0 Å². The first-order chi connectivity index (χ1) is 15.0. The van der Waals surface area contributed by atoms with Crippen molar-refractivity contribution < 1.29 is 22.8 Å². The number of halogens is 3. The summed E-state index contributed by atoms with van der Waals surface area (Å²) in [6.45, 7) is 4.51. The van der Waals surface area contributed by atoms with Gasteiger partial charge in [-0.05, 0) is 82.1 Å². The standard InChI is InChI=1S/C24H28F3N3O2/c1-13(9-14-5-8-28-18(10-14)21(25)26)19(17-12-15-11-16(15)29-17)20(31)22(32)30-24(6-4-7-24)23(2,3)27/h5,8-10,15-16,21,29H,4,6-7,11-12H2,1-3H3,(H,30,32)/b13-9+,19-17+. The number of carbonyl (C=O) groups is 2. The third kappa shape index (κ3) is 4.19. The van der Waals surface area contributed by atoms with Crippen molar-refractivity contribution in [2.24, 2.45) is 5.92 Å². The van der Waals surface area contributed by atoms with Crippen LogP contribution in [0, 0.1) is 5.92 Å². The Balaban J connectivity index is 1.64. The predicted molar refractivity (Wildman–Crippen MR) is 114 cm³/mol. The van der Waals surface area contributed by atoms with Crippen LogP contribution in [0.25, 0.3) is 6.08 Å². The molecule has 0 radical (unpaired) electrons. The molecule has 1 aromatic rings. The molecule has 0 spiro atoms. The van der Waals surface area contributed by atoms with E-state index >= 15 is 0 Å². The van der Waals surface area contributed by atoms with Gasteiger partial charge in [0, 0.05) is 23.5 Å². The van der Waals surface area contributed by atoms with Crippen molar-refractivity contribution in [3.05, 3.63) is 46.4 Å². The molecule has 1 saturated heterocycles.